The predicted molar refractivity (Wildman–Crippen MR) is 74.8 cm³/mol. The summed E-state index contributed by atoms with van der Waals surface area (Å²) in [6.07, 6.45) is 0.543. The molecule has 2 aliphatic heterocycles. The molecule has 106 valence electrons. The third-order valence-electron chi connectivity index (χ3n) is 3.74. The molecule has 0 bridgehead atoms. The summed E-state index contributed by atoms with van der Waals surface area (Å²) in [5.41, 5.74) is 9.16. The maximum Gasteiger partial charge on any atom is 0.414 e. The largest absolute Gasteiger partial charge is 0.443 e. The minimum Gasteiger partial charge on any atom is -0.443 e. The lowest BCUT2D eigenvalue weighted by atomic mass is 10.0. The highest BCUT2D eigenvalue weighted by atomic mass is 16.6. The number of nitrogens with one attached hydrogen (secondary N) is 1. The first-order valence-electron chi connectivity index (χ1n) is 6.76. The van der Waals surface area contributed by atoms with Gasteiger partial charge in [0, 0.05) is 12.2 Å². The number of ether oxygens (including phenoxy) is 1. The quantitative estimate of drug-likeness (QED) is 0.862. The fourth-order valence-electron chi connectivity index (χ4n) is 2.69. The van der Waals surface area contributed by atoms with Crippen molar-refractivity contribution in [1.82, 2.24) is 0 Å². The molecule has 0 spiro atoms. The molecule has 2 amide bonds. The second-order valence-corrected chi connectivity index (χ2v) is 5.07. The number of aryl methyl sites for hydroxylation is 1. The van der Waals surface area contributed by atoms with Gasteiger partial charge in [0.25, 0.3) is 0 Å². The van der Waals surface area contributed by atoms with Crippen molar-refractivity contribution in [2.45, 2.75) is 25.9 Å². The molecule has 0 radical (unpaired) electrons. The van der Waals surface area contributed by atoms with Crippen LogP contribution in [-0.2, 0) is 22.4 Å². The summed E-state index contributed by atoms with van der Waals surface area (Å²) < 4.78 is 5.19. The molecular weight excluding hydrogens is 258 g/mol. The number of fused-ring (bicyclic) bond motifs is 1. The maximum atomic E-state index is 11.9. The van der Waals surface area contributed by atoms with E-state index in [1.807, 2.05) is 19.1 Å². The molecular formula is C14H17N3O3. The van der Waals surface area contributed by atoms with Crippen LogP contribution in [0.15, 0.2) is 12.1 Å². The molecule has 0 aromatic heterocycles. The Morgan fingerprint density at radius 2 is 2.25 bits per heavy atom. The first kappa shape index (κ1) is 12.9. The van der Waals surface area contributed by atoms with Gasteiger partial charge in [0.1, 0.15) is 6.10 Å². The fraction of sp³-hybridized carbons (Fsp3) is 0.429. The minimum atomic E-state index is -0.376. The number of carbonyl (C=O) groups excluding carboxylic acids is 2. The van der Waals surface area contributed by atoms with Crippen molar-refractivity contribution in [2.24, 2.45) is 5.73 Å². The third-order valence-corrected chi connectivity index (χ3v) is 3.74. The number of carbonyl (C=O) groups is 2. The van der Waals surface area contributed by atoms with Gasteiger partial charge in [0.05, 0.1) is 18.7 Å². The number of hydrogen-bond donors (Lipinski definition) is 2. The zero-order chi connectivity index (χ0) is 14.3. The summed E-state index contributed by atoms with van der Waals surface area (Å²) in [7, 11) is 0. The first-order chi connectivity index (χ1) is 9.62. The van der Waals surface area contributed by atoms with Gasteiger partial charge in [-0.2, -0.15) is 0 Å². The van der Waals surface area contributed by atoms with E-state index in [0.29, 0.717) is 19.5 Å². The summed E-state index contributed by atoms with van der Waals surface area (Å²) >= 11 is 0. The molecule has 20 heavy (non-hydrogen) atoms. The molecule has 1 atom stereocenters. The highest BCUT2D eigenvalue weighted by Crippen LogP contribution is 2.34. The van der Waals surface area contributed by atoms with E-state index in [1.165, 1.54) is 0 Å². The molecule has 2 heterocycles. The zero-order valence-corrected chi connectivity index (χ0v) is 11.3. The van der Waals surface area contributed by atoms with E-state index in [1.54, 1.807) is 4.90 Å². The lowest BCUT2D eigenvalue weighted by Gasteiger charge is -2.18. The standard InChI is InChI=1S/C14H17N3O3/c1-2-8-3-9-4-13(18)16-11(9)5-12(8)17-7-10(6-15)20-14(17)19/h3,5,10H,2,4,6-7,15H2,1H3,(H,16,18)/t10-/m1/s1. The molecule has 1 aromatic rings. The van der Waals surface area contributed by atoms with Gasteiger partial charge in [0.15, 0.2) is 0 Å². The lowest BCUT2D eigenvalue weighted by molar-refractivity contribution is -0.115. The van der Waals surface area contributed by atoms with E-state index in [0.717, 1.165) is 28.9 Å². The Morgan fingerprint density at radius 3 is 2.90 bits per heavy atom. The molecule has 1 saturated heterocycles. The maximum absolute atomic E-state index is 11.9. The van der Waals surface area contributed by atoms with E-state index < -0.39 is 0 Å². The van der Waals surface area contributed by atoms with Crippen LogP contribution in [0.25, 0.3) is 0 Å². The van der Waals surface area contributed by atoms with Gasteiger partial charge in [-0.25, -0.2) is 4.79 Å². The smallest absolute Gasteiger partial charge is 0.414 e. The molecule has 1 aromatic carbocycles. The number of cyclic esters (lactones) is 1. The van der Waals surface area contributed by atoms with E-state index in [2.05, 4.69) is 5.32 Å². The van der Waals surface area contributed by atoms with Crippen LogP contribution in [0.3, 0.4) is 0 Å². The van der Waals surface area contributed by atoms with E-state index in [-0.39, 0.29) is 18.1 Å². The van der Waals surface area contributed by atoms with E-state index in [4.69, 9.17) is 10.5 Å². The Hall–Kier alpha value is -2.08. The van der Waals surface area contributed by atoms with Crippen LogP contribution in [-0.4, -0.2) is 31.2 Å². The van der Waals surface area contributed by atoms with Crippen LogP contribution in [0, 0.1) is 0 Å². The predicted octanol–water partition coefficient (Wildman–Crippen LogP) is 1.03. The average molecular weight is 275 g/mol. The number of anilines is 2. The van der Waals surface area contributed by atoms with Crippen molar-refractivity contribution in [2.75, 3.05) is 23.3 Å². The Balaban J connectivity index is 1.99. The number of nitrogens with zero attached hydrogens (tertiary/aromatic N) is 1. The second kappa shape index (κ2) is 4.79. The molecule has 3 N–H and O–H groups in total. The second-order valence-electron chi connectivity index (χ2n) is 5.07. The molecule has 2 aliphatic rings. The van der Waals surface area contributed by atoms with Crippen molar-refractivity contribution in [3.05, 3.63) is 23.3 Å². The molecule has 0 saturated carbocycles. The highest BCUT2D eigenvalue weighted by molar-refractivity contribution is 6.01. The van der Waals surface area contributed by atoms with Gasteiger partial charge in [-0.1, -0.05) is 13.0 Å². The number of nitrogens with two attached hydrogens (primary N) is 1. The Bertz CT molecular complexity index is 585. The summed E-state index contributed by atoms with van der Waals surface area (Å²) in [6.45, 7) is 2.79. The molecule has 0 unspecified atom stereocenters. The Kier molecular flexibility index (Phi) is 3.10. The molecule has 0 aliphatic carbocycles. The van der Waals surface area contributed by atoms with Crippen molar-refractivity contribution >= 4 is 23.4 Å². The van der Waals surface area contributed by atoms with Gasteiger partial charge in [0.2, 0.25) is 5.91 Å². The molecule has 3 rings (SSSR count). The van der Waals surface area contributed by atoms with E-state index >= 15 is 0 Å². The van der Waals surface area contributed by atoms with Crippen LogP contribution in [0.4, 0.5) is 16.2 Å². The van der Waals surface area contributed by atoms with Crippen LogP contribution in [0.2, 0.25) is 0 Å². The topological polar surface area (TPSA) is 84.7 Å². The molecule has 1 fully saturated rings. The third kappa shape index (κ3) is 2.02. The van der Waals surface area contributed by atoms with Crippen LogP contribution in [0.1, 0.15) is 18.1 Å². The number of hydrogen-bond acceptors (Lipinski definition) is 4. The van der Waals surface area contributed by atoms with Crippen molar-refractivity contribution in [3.8, 4) is 0 Å². The highest BCUT2D eigenvalue weighted by Gasteiger charge is 2.33. The van der Waals surface area contributed by atoms with Gasteiger partial charge < -0.3 is 15.8 Å². The fourth-order valence-corrected chi connectivity index (χ4v) is 2.69. The van der Waals surface area contributed by atoms with Gasteiger partial charge in [-0.3, -0.25) is 9.69 Å². The number of benzene rings is 1. The van der Waals surface area contributed by atoms with Gasteiger partial charge >= 0.3 is 6.09 Å². The summed E-state index contributed by atoms with van der Waals surface area (Å²) in [4.78, 5) is 25.0. The van der Waals surface area contributed by atoms with Crippen LogP contribution < -0.4 is 16.0 Å². The van der Waals surface area contributed by atoms with Crippen molar-refractivity contribution < 1.29 is 14.3 Å². The number of amides is 2. The monoisotopic (exact) mass is 275 g/mol. The molecule has 6 heteroatoms. The average Bonchev–Trinajstić information content (AvgIpc) is 2.98. The normalized spacial score (nSPS) is 20.9. The molecule has 6 nitrogen and oxygen atoms in total. The zero-order valence-electron chi connectivity index (χ0n) is 11.3. The van der Waals surface area contributed by atoms with Crippen molar-refractivity contribution in [1.29, 1.82) is 0 Å². The summed E-state index contributed by atoms with van der Waals surface area (Å²) in [5, 5.41) is 2.81. The van der Waals surface area contributed by atoms with Gasteiger partial charge in [-0.15, -0.1) is 0 Å². The summed E-state index contributed by atoms with van der Waals surface area (Å²) in [5.74, 6) is -0.0111. The first-order valence-corrected chi connectivity index (χ1v) is 6.76. The Morgan fingerprint density at radius 1 is 1.45 bits per heavy atom. The van der Waals surface area contributed by atoms with Crippen LogP contribution in [0.5, 0.6) is 0 Å². The van der Waals surface area contributed by atoms with Crippen molar-refractivity contribution in [3.63, 3.8) is 0 Å². The minimum absolute atomic E-state index is 0.0111. The van der Waals surface area contributed by atoms with Crippen LogP contribution >= 0.6 is 0 Å². The summed E-state index contributed by atoms with van der Waals surface area (Å²) in [6, 6.07) is 3.85. The van der Waals surface area contributed by atoms with Gasteiger partial charge in [-0.05, 0) is 23.6 Å². The number of rotatable bonds is 3. The van der Waals surface area contributed by atoms with E-state index in [9.17, 15) is 9.59 Å². The Labute approximate surface area is 116 Å². The lowest BCUT2D eigenvalue weighted by Crippen LogP contribution is -2.28. The SMILES string of the molecule is CCc1cc2c(cc1N1C[C@@H](CN)OC1=O)NC(=O)C2.